The zero-order chi connectivity index (χ0) is 9.07. The van der Waals surface area contributed by atoms with Crippen LogP contribution in [0.4, 0.5) is 0 Å². The standard InChI is InChI=1S/C5H9Cl3O2Si/c1-4(2)5(9)10-3-11(6,7)8/h4H,3H2,1-2H3. The van der Waals surface area contributed by atoms with Gasteiger partial charge in [0.2, 0.25) is 0 Å². The highest BCUT2D eigenvalue weighted by molar-refractivity contribution is 7.64. The van der Waals surface area contributed by atoms with Gasteiger partial charge in [0.25, 0.3) is 0 Å². The van der Waals surface area contributed by atoms with E-state index in [2.05, 4.69) is 0 Å². The lowest BCUT2D eigenvalue weighted by atomic mass is 10.2. The van der Waals surface area contributed by atoms with E-state index in [0.29, 0.717) is 0 Å². The molecule has 0 saturated carbocycles. The SMILES string of the molecule is CC(C)C(=O)OC[Si](Cl)(Cl)Cl. The largest absolute Gasteiger partial charge is 0.465 e. The summed E-state index contributed by atoms with van der Waals surface area (Å²) in [6.07, 6.45) is -0.0608. The summed E-state index contributed by atoms with van der Waals surface area (Å²) in [6.45, 7) is 3.45. The van der Waals surface area contributed by atoms with Gasteiger partial charge in [-0.2, -0.15) is 0 Å². The van der Waals surface area contributed by atoms with E-state index in [0.717, 1.165) is 0 Å². The molecule has 0 unspecified atom stereocenters. The van der Waals surface area contributed by atoms with Gasteiger partial charge in [-0.05, 0) is 0 Å². The van der Waals surface area contributed by atoms with Crippen LogP contribution in [0.5, 0.6) is 0 Å². The molecule has 2 nitrogen and oxygen atoms in total. The molecule has 0 aromatic heterocycles. The number of carbonyl (C=O) groups excluding carboxylic acids is 1. The maximum Gasteiger partial charge on any atom is 0.378 e. The Morgan fingerprint density at radius 1 is 1.45 bits per heavy atom. The summed E-state index contributed by atoms with van der Waals surface area (Å²) in [5, 5.41) is 0. The molecule has 0 aliphatic carbocycles. The molecule has 6 heteroatoms. The van der Waals surface area contributed by atoms with Crippen LogP contribution in [0.15, 0.2) is 0 Å². The van der Waals surface area contributed by atoms with Gasteiger partial charge in [-0.1, -0.05) is 13.8 Å². The second kappa shape index (κ2) is 4.55. The number of hydrogen-bond donors (Lipinski definition) is 0. The minimum absolute atomic E-state index is 0.0608. The van der Waals surface area contributed by atoms with Gasteiger partial charge in [-0.25, -0.2) is 0 Å². The van der Waals surface area contributed by atoms with Crippen LogP contribution in [0.25, 0.3) is 0 Å². The highest BCUT2D eigenvalue weighted by atomic mass is 35.8. The molecule has 0 spiro atoms. The summed E-state index contributed by atoms with van der Waals surface area (Å²) in [7, 11) is 0. The van der Waals surface area contributed by atoms with Crippen LogP contribution in [-0.4, -0.2) is 18.2 Å². The number of carbonyl (C=O) groups is 1. The Balaban J connectivity index is 3.64. The van der Waals surface area contributed by atoms with Crippen LogP contribution in [-0.2, 0) is 9.53 Å². The van der Waals surface area contributed by atoms with Crippen molar-refractivity contribution in [3.63, 3.8) is 0 Å². The van der Waals surface area contributed by atoms with E-state index < -0.39 is 6.00 Å². The molecule has 0 heterocycles. The molecule has 0 bridgehead atoms. The number of ether oxygens (including phenoxy) is 1. The third kappa shape index (κ3) is 6.94. The van der Waals surface area contributed by atoms with E-state index in [1.807, 2.05) is 0 Å². The second-order valence-corrected chi connectivity index (χ2v) is 11.4. The molecular formula is C5H9Cl3O2Si. The van der Waals surface area contributed by atoms with Gasteiger partial charge < -0.3 is 4.74 Å². The van der Waals surface area contributed by atoms with E-state index >= 15 is 0 Å². The van der Waals surface area contributed by atoms with Crippen LogP contribution in [0.3, 0.4) is 0 Å². The average molecular weight is 236 g/mol. The molecule has 66 valence electrons. The van der Waals surface area contributed by atoms with E-state index in [1.165, 1.54) is 0 Å². The molecule has 0 atom stereocenters. The Morgan fingerprint density at radius 3 is 2.18 bits per heavy atom. The smallest absolute Gasteiger partial charge is 0.378 e. The summed E-state index contributed by atoms with van der Waals surface area (Å²) in [4.78, 5) is 10.8. The van der Waals surface area contributed by atoms with Gasteiger partial charge >= 0.3 is 12.0 Å². The van der Waals surface area contributed by atoms with Crippen molar-refractivity contribution in [3.8, 4) is 0 Å². The van der Waals surface area contributed by atoms with Crippen molar-refractivity contribution in [2.45, 2.75) is 13.8 Å². The summed E-state index contributed by atoms with van der Waals surface area (Å²) >= 11 is 16.4. The summed E-state index contributed by atoms with van der Waals surface area (Å²) in [5.41, 5.74) is 0. The van der Waals surface area contributed by atoms with Crippen LogP contribution in [0.1, 0.15) is 13.8 Å². The van der Waals surface area contributed by atoms with E-state index in [1.54, 1.807) is 13.8 Å². The lowest BCUT2D eigenvalue weighted by Gasteiger charge is -2.10. The fourth-order valence-electron chi connectivity index (χ4n) is 0.320. The third-order valence-corrected chi connectivity index (χ3v) is 2.30. The zero-order valence-corrected chi connectivity index (χ0v) is 9.50. The maximum absolute atomic E-state index is 10.8. The Labute approximate surface area is 80.9 Å². The first-order valence-corrected chi connectivity index (χ1v) is 8.30. The molecule has 0 rings (SSSR count). The monoisotopic (exact) mass is 234 g/mol. The number of halogens is 3. The molecular weight excluding hydrogens is 226 g/mol. The topological polar surface area (TPSA) is 26.3 Å². The maximum atomic E-state index is 10.8. The van der Waals surface area contributed by atoms with E-state index in [9.17, 15) is 4.79 Å². The van der Waals surface area contributed by atoms with Crippen molar-refractivity contribution < 1.29 is 9.53 Å². The van der Waals surface area contributed by atoms with Gasteiger partial charge in [-0.15, -0.1) is 33.2 Å². The minimum Gasteiger partial charge on any atom is -0.465 e. The lowest BCUT2D eigenvalue weighted by molar-refractivity contribution is -0.145. The van der Waals surface area contributed by atoms with Crippen molar-refractivity contribution in [1.82, 2.24) is 0 Å². The second-order valence-electron chi connectivity index (χ2n) is 2.38. The van der Waals surface area contributed by atoms with Crippen molar-refractivity contribution in [2.75, 3.05) is 6.23 Å². The molecule has 0 aromatic rings. The normalized spacial score (nSPS) is 11.8. The third-order valence-electron chi connectivity index (χ3n) is 0.849. The van der Waals surface area contributed by atoms with Gasteiger partial charge in [0, 0.05) is 0 Å². The Bertz CT molecular complexity index is 143. The highest BCUT2D eigenvalue weighted by Crippen LogP contribution is 2.19. The van der Waals surface area contributed by atoms with Crippen LogP contribution in [0, 0.1) is 5.92 Å². The molecule has 0 saturated heterocycles. The van der Waals surface area contributed by atoms with Gasteiger partial charge in [0.1, 0.15) is 6.23 Å². The van der Waals surface area contributed by atoms with Crippen LogP contribution in [0.2, 0.25) is 0 Å². The molecule has 11 heavy (non-hydrogen) atoms. The van der Waals surface area contributed by atoms with Crippen molar-refractivity contribution in [2.24, 2.45) is 5.92 Å². The number of rotatable bonds is 3. The van der Waals surface area contributed by atoms with Gasteiger partial charge in [0.15, 0.2) is 0 Å². The van der Waals surface area contributed by atoms with E-state index in [4.69, 9.17) is 38.0 Å². The van der Waals surface area contributed by atoms with Crippen molar-refractivity contribution in [1.29, 1.82) is 0 Å². The summed E-state index contributed by atoms with van der Waals surface area (Å²) in [5.74, 6) is -0.500. The predicted molar refractivity (Wildman–Crippen MR) is 49.1 cm³/mol. The summed E-state index contributed by atoms with van der Waals surface area (Å²) in [6, 6.07) is -2.79. The summed E-state index contributed by atoms with van der Waals surface area (Å²) < 4.78 is 4.69. The first-order chi connectivity index (χ1) is 4.83. The highest BCUT2D eigenvalue weighted by Gasteiger charge is 2.27. The minimum atomic E-state index is -2.79. The Kier molecular flexibility index (Phi) is 4.78. The lowest BCUT2D eigenvalue weighted by Crippen LogP contribution is -2.24. The fraction of sp³-hybridized carbons (Fsp3) is 0.800. The zero-order valence-electron chi connectivity index (χ0n) is 6.23. The molecule has 0 fully saturated rings. The molecule has 0 N–H and O–H groups in total. The first-order valence-electron chi connectivity index (χ1n) is 3.06. The number of esters is 1. The Hall–Kier alpha value is 0.557. The predicted octanol–water partition coefficient (Wildman–Crippen LogP) is 2.38. The number of hydrogen-bond acceptors (Lipinski definition) is 2. The molecule has 0 aromatic carbocycles. The van der Waals surface area contributed by atoms with Crippen LogP contribution >= 0.6 is 33.2 Å². The Morgan fingerprint density at radius 2 is 1.91 bits per heavy atom. The molecule has 0 amide bonds. The quantitative estimate of drug-likeness (QED) is 0.427. The molecule has 0 aliphatic rings. The average Bonchev–Trinajstić information content (AvgIpc) is 1.80. The molecule has 0 aliphatic heterocycles. The fourth-order valence-corrected chi connectivity index (χ4v) is 1.12. The first kappa shape index (κ1) is 11.6. The molecule has 0 radical (unpaired) electrons. The van der Waals surface area contributed by atoms with Gasteiger partial charge in [0.05, 0.1) is 5.92 Å². The van der Waals surface area contributed by atoms with Crippen molar-refractivity contribution >= 4 is 45.2 Å². The van der Waals surface area contributed by atoms with Gasteiger partial charge in [-0.3, -0.25) is 4.79 Å². The van der Waals surface area contributed by atoms with Crippen molar-refractivity contribution in [3.05, 3.63) is 0 Å². The van der Waals surface area contributed by atoms with Crippen LogP contribution < -0.4 is 0 Å². The van der Waals surface area contributed by atoms with E-state index in [-0.39, 0.29) is 18.1 Å².